The smallest absolute Gasteiger partial charge is 0.410 e. The Kier molecular flexibility index (Phi) is 9.91. The fourth-order valence-electron chi connectivity index (χ4n) is 6.37. The number of benzene rings is 1. The van der Waals surface area contributed by atoms with Gasteiger partial charge in [-0.05, 0) is 88.6 Å². The highest BCUT2D eigenvalue weighted by atomic mass is 32.1. The van der Waals surface area contributed by atoms with Crippen LogP contribution in [0.15, 0.2) is 70.1 Å². The van der Waals surface area contributed by atoms with Crippen LogP contribution in [0.1, 0.15) is 63.3 Å². The van der Waals surface area contributed by atoms with Crippen LogP contribution in [-0.4, -0.2) is 66.1 Å². The van der Waals surface area contributed by atoms with Gasteiger partial charge >= 0.3 is 12.1 Å². The Morgan fingerprint density at radius 2 is 1.96 bits per heavy atom. The van der Waals surface area contributed by atoms with Crippen molar-refractivity contribution < 1.29 is 33.0 Å². The first kappa shape index (κ1) is 34.3. The number of nitrogens with two attached hydrogens (primary N) is 1. The number of esters is 1. The number of likely N-dealkylation sites (tertiary alicyclic amines) is 1. The van der Waals surface area contributed by atoms with Gasteiger partial charge in [-0.25, -0.2) is 19.0 Å². The summed E-state index contributed by atoms with van der Waals surface area (Å²) in [6.45, 7) is 7.80. The zero-order chi connectivity index (χ0) is 34.9. The predicted octanol–water partition coefficient (Wildman–Crippen LogP) is 5.67. The molecule has 0 saturated carbocycles. The molecule has 5 heterocycles. The van der Waals surface area contributed by atoms with E-state index < -0.39 is 36.0 Å². The van der Waals surface area contributed by atoms with Gasteiger partial charge in [0.2, 0.25) is 12.2 Å². The van der Waals surface area contributed by atoms with E-state index in [-0.39, 0.29) is 18.3 Å². The molecule has 0 bridgehead atoms. The number of carbonyl (C=O) groups is 2. The van der Waals surface area contributed by atoms with Crippen molar-refractivity contribution >= 4 is 45.2 Å². The number of fused-ring (bicyclic) bond motifs is 1. The van der Waals surface area contributed by atoms with E-state index in [0.29, 0.717) is 60.6 Å². The molecule has 0 aliphatic carbocycles. The number of amides is 1. The number of aromatic nitrogens is 1. The molecule has 1 saturated heterocycles. The number of rotatable bonds is 9. The molecule has 2 aromatic heterocycles. The molecule has 3 aliphatic heterocycles. The van der Waals surface area contributed by atoms with E-state index in [1.165, 1.54) is 30.6 Å². The topological polar surface area (TPSA) is 150 Å². The number of hydrogen-bond acceptors (Lipinski definition) is 12. The maximum atomic E-state index is 14.3. The first-order chi connectivity index (χ1) is 23.5. The molecule has 1 amide bonds. The number of ether oxygens (including phenoxy) is 3. The second-order valence-electron chi connectivity index (χ2n) is 13.0. The number of nitrogens with one attached hydrogen (secondary N) is 2. The molecule has 49 heavy (non-hydrogen) atoms. The molecule has 3 aliphatic rings. The van der Waals surface area contributed by atoms with Crippen LogP contribution in [0.3, 0.4) is 0 Å². The maximum Gasteiger partial charge on any atom is 0.410 e. The molecule has 2 unspecified atom stereocenters. The number of halogens is 1. The van der Waals surface area contributed by atoms with Gasteiger partial charge in [0.1, 0.15) is 17.2 Å². The predicted molar refractivity (Wildman–Crippen MR) is 184 cm³/mol. The standard InChI is InChI=1S/C35H41FN6O6S/c1-6-46-32(43)27-26(24-18-20-15-16-38-30(37)29(20)49-24)25(31-40-33(45-5)41-48-31)22(14-11-19-9-12-21(36)13-10-19)39-28(27)23-8-7-17-42(23)34(44)47-35(2,3)4/h9-10,12-13,15-16,18,23,26,33,39,41H,6-8,11,14,17H2,1-5H3,(H2,37,38)/t23-,26?,33?/m0/s1. The molecular weight excluding hydrogens is 651 g/mol. The quantitative estimate of drug-likeness (QED) is 0.240. The molecule has 260 valence electrons. The van der Waals surface area contributed by atoms with E-state index in [4.69, 9.17) is 24.8 Å². The summed E-state index contributed by atoms with van der Waals surface area (Å²) in [5, 5.41) is 4.45. The Hall–Kier alpha value is -4.53. The number of aliphatic imine (C=N–C) groups is 1. The van der Waals surface area contributed by atoms with Crippen LogP contribution < -0.4 is 16.5 Å². The average molecular weight is 693 g/mol. The van der Waals surface area contributed by atoms with E-state index in [0.717, 1.165) is 20.5 Å². The van der Waals surface area contributed by atoms with Gasteiger partial charge in [0.25, 0.3) is 0 Å². The molecular formula is C35H41FN6O6S. The highest BCUT2D eigenvalue weighted by molar-refractivity contribution is 7.19. The van der Waals surface area contributed by atoms with E-state index in [1.807, 2.05) is 32.9 Å². The first-order valence-corrected chi connectivity index (χ1v) is 17.1. The highest BCUT2D eigenvalue weighted by Gasteiger charge is 2.46. The summed E-state index contributed by atoms with van der Waals surface area (Å²) in [6.07, 6.45) is 2.65. The number of thiophene rings is 1. The van der Waals surface area contributed by atoms with E-state index in [9.17, 15) is 14.0 Å². The van der Waals surface area contributed by atoms with Crippen molar-refractivity contribution in [1.82, 2.24) is 20.7 Å². The molecule has 3 aromatic rings. The number of nitrogen functional groups attached to an aromatic ring is 1. The zero-order valence-electron chi connectivity index (χ0n) is 28.2. The number of dihydropyridines is 1. The molecule has 0 radical (unpaired) electrons. The first-order valence-electron chi connectivity index (χ1n) is 16.3. The second kappa shape index (κ2) is 14.1. The van der Waals surface area contributed by atoms with Gasteiger partial charge in [0.15, 0.2) is 0 Å². The largest absolute Gasteiger partial charge is 0.463 e. The Labute approximate surface area is 288 Å². The number of carbonyl (C=O) groups excluding carboxylic acids is 2. The summed E-state index contributed by atoms with van der Waals surface area (Å²) in [5.74, 6) is -1.00. The SMILES string of the molecule is CCOC(=O)C1=C([C@@H]2CCCN2C(=O)OC(C)(C)C)NC(CCc2ccc(F)cc2)=C(C2=NC(OC)NO2)C1c1cc2ccnc(N)c2s1. The fourth-order valence-corrected chi connectivity index (χ4v) is 7.55. The number of nitrogens with zero attached hydrogens (tertiary/aromatic N) is 3. The number of anilines is 1. The minimum absolute atomic E-state index is 0.132. The summed E-state index contributed by atoms with van der Waals surface area (Å²) in [4.78, 5) is 45.2. The Bertz CT molecular complexity index is 1830. The average Bonchev–Trinajstić information content (AvgIpc) is 3.83. The number of aryl methyl sites for hydroxylation is 1. The Balaban J connectivity index is 1.57. The molecule has 1 fully saturated rings. The van der Waals surface area contributed by atoms with Gasteiger partial charge < -0.3 is 30.1 Å². The molecule has 12 nitrogen and oxygen atoms in total. The summed E-state index contributed by atoms with van der Waals surface area (Å²) >= 11 is 1.42. The van der Waals surface area contributed by atoms with Crippen LogP contribution in [0.5, 0.6) is 0 Å². The summed E-state index contributed by atoms with van der Waals surface area (Å²) in [6, 6.07) is 9.67. The van der Waals surface area contributed by atoms with Crippen molar-refractivity contribution in [3.05, 3.63) is 81.4 Å². The third-order valence-corrected chi connectivity index (χ3v) is 9.71. The van der Waals surface area contributed by atoms with Crippen molar-refractivity contribution in [3.63, 3.8) is 0 Å². The van der Waals surface area contributed by atoms with E-state index >= 15 is 0 Å². The zero-order valence-corrected chi connectivity index (χ0v) is 29.0. The molecule has 1 aromatic carbocycles. The van der Waals surface area contributed by atoms with Gasteiger partial charge in [-0.3, -0.25) is 4.90 Å². The molecule has 0 spiro atoms. The summed E-state index contributed by atoms with van der Waals surface area (Å²) < 4.78 is 31.6. The summed E-state index contributed by atoms with van der Waals surface area (Å²) in [7, 11) is 1.50. The van der Waals surface area contributed by atoms with Crippen molar-refractivity contribution in [2.75, 3.05) is 26.0 Å². The number of hydroxylamine groups is 1. The minimum atomic E-state index is -0.780. The normalized spacial score (nSPS) is 21.1. The Morgan fingerprint density at radius 3 is 2.63 bits per heavy atom. The van der Waals surface area contributed by atoms with Gasteiger partial charge in [-0.2, -0.15) is 4.99 Å². The van der Waals surface area contributed by atoms with Crippen molar-refractivity contribution in [2.45, 2.75) is 77.3 Å². The lowest BCUT2D eigenvalue weighted by molar-refractivity contribution is -0.138. The van der Waals surface area contributed by atoms with Crippen molar-refractivity contribution in [2.24, 2.45) is 4.99 Å². The van der Waals surface area contributed by atoms with Gasteiger partial charge in [-0.1, -0.05) is 12.1 Å². The number of pyridine rings is 1. The van der Waals surface area contributed by atoms with Crippen LogP contribution >= 0.6 is 11.3 Å². The highest BCUT2D eigenvalue weighted by Crippen LogP contribution is 2.47. The number of hydrogen-bond donors (Lipinski definition) is 3. The number of allylic oxidation sites excluding steroid dienone is 1. The minimum Gasteiger partial charge on any atom is -0.463 e. The number of methoxy groups -OCH3 is 1. The van der Waals surface area contributed by atoms with Crippen molar-refractivity contribution in [3.8, 4) is 0 Å². The summed E-state index contributed by atoms with van der Waals surface area (Å²) in [5.41, 5.74) is 11.5. The van der Waals surface area contributed by atoms with Crippen LogP contribution in [0.2, 0.25) is 0 Å². The lowest BCUT2D eigenvalue weighted by atomic mass is 9.80. The lowest BCUT2D eigenvalue weighted by Gasteiger charge is -2.37. The van der Waals surface area contributed by atoms with Crippen LogP contribution in [0.4, 0.5) is 15.0 Å². The van der Waals surface area contributed by atoms with Crippen LogP contribution in [-0.2, 0) is 30.3 Å². The van der Waals surface area contributed by atoms with Gasteiger partial charge in [-0.15, -0.1) is 16.8 Å². The van der Waals surface area contributed by atoms with Crippen LogP contribution in [0, 0.1) is 5.82 Å². The molecule has 4 N–H and O–H groups in total. The third kappa shape index (κ3) is 7.26. The van der Waals surface area contributed by atoms with Crippen molar-refractivity contribution in [1.29, 1.82) is 0 Å². The second-order valence-corrected chi connectivity index (χ2v) is 14.0. The maximum absolute atomic E-state index is 14.3. The Morgan fingerprint density at radius 1 is 1.18 bits per heavy atom. The van der Waals surface area contributed by atoms with Gasteiger partial charge in [0, 0.05) is 41.7 Å². The lowest BCUT2D eigenvalue weighted by Crippen LogP contribution is -2.46. The monoisotopic (exact) mass is 692 g/mol. The molecule has 14 heteroatoms. The fraction of sp³-hybridized carbons (Fsp3) is 0.429. The third-order valence-electron chi connectivity index (χ3n) is 8.47. The van der Waals surface area contributed by atoms with Crippen LogP contribution in [0.25, 0.3) is 10.1 Å². The molecule has 6 rings (SSSR count). The molecule has 3 atom stereocenters. The van der Waals surface area contributed by atoms with Gasteiger partial charge in [0.05, 0.1) is 28.8 Å². The van der Waals surface area contributed by atoms with E-state index in [2.05, 4.69) is 20.8 Å². The van der Waals surface area contributed by atoms with E-state index in [1.54, 1.807) is 30.2 Å².